The summed E-state index contributed by atoms with van der Waals surface area (Å²) < 4.78 is 19.0. The number of benzene rings is 2. The first-order valence-corrected chi connectivity index (χ1v) is 11.0. The summed E-state index contributed by atoms with van der Waals surface area (Å²) in [5.41, 5.74) is 1.60. The first-order chi connectivity index (χ1) is 15.2. The monoisotopic (exact) mass is 422 g/mol. The van der Waals surface area contributed by atoms with Crippen LogP contribution in [0.4, 0.5) is 0 Å². The predicted molar refractivity (Wildman–Crippen MR) is 122 cm³/mol. The normalized spacial score (nSPS) is 16.1. The minimum atomic E-state index is 0.00362. The molecule has 0 radical (unpaired) electrons. The van der Waals surface area contributed by atoms with Crippen LogP contribution >= 0.6 is 0 Å². The van der Waals surface area contributed by atoms with Crippen LogP contribution in [0.1, 0.15) is 25.3 Å². The Balaban J connectivity index is 1.60. The average molecular weight is 423 g/mol. The van der Waals surface area contributed by atoms with Crippen molar-refractivity contribution in [1.82, 2.24) is 9.88 Å². The van der Waals surface area contributed by atoms with Gasteiger partial charge in [-0.2, -0.15) is 0 Å². The van der Waals surface area contributed by atoms with E-state index in [1.807, 2.05) is 61.5 Å². The maximum Gasteiger partial charge on any atom is 0.255 e. The van der Waals surface area contributed by atoms with E-state index in [-0.39, 0.29) is 11.7 Å². The summed E-state index contributed by atoms with van der Waals surface area (Å²) in [6, 6.07) is 17.5. The number of fused-ring (bicyclic) bond motifs is 1. The molecule has 1 atom stereocenters. The molecule has 2 aromatic carbocycles. The van der Waals surface area contributed by atoms with E-state index in [1.54, 1.807) is 4.57 Å². The van der Waals surface area contributed by atoms with E-state index in [0.29, 0.717) is 32.1 Å². The van der Waals surface area contributed by atoms with Gasteiger partial charge in [0.05, 0.1) is 18.2 Å². The van der Waals surface area contributed by atoms with Gasteiger partial charge in [-0.3, -0.25) is 4.79 Å². The van der Waals surface area contributed by atoms with Gasteiger partial charge in [0.25, 0.3) is 5.56 Å². The highest BCUT2D eigenvalue weighted by Gasteiger charge is 2.16. The first kappa shape index (κ1) is 21.6. The van der Waals surface area contributed by atoms with E-state index in [1.165, 1.54) is 0 Å². The highest BCUT2D eigenvalue weighted by Crippen LogP contribution is 2.25. The zero-order valence-electron chi connectivity index (χ0n) is 18.0. The molecule has 0 bridgehead atoms. The van der Waals surface area contributed by atoms with Crippen molar-refractivity contribution in [3.8, 4) is 11.5 Å². The standard InChI is InChI=1S/C25H30N2O4/c1-2-29-14-12-27-24-16-22(31-21-7-4-3-5-8-21)11-10-19(24)15-20(25(27)28)17-26-18-23-9-6-13-30-23/h3-5,7-8,10-11,15-16,23,26H,2,6,9,12-14,17-18H2,1H3. The van der Waals surface area contributed by atoms with Crippen molar-refractivity contribution in [2.24, 2.45) is 0 Å². The largest absolute Gasteiger partial charge is 0.457 e. The van der Waals surface area contributed by atoms with Crippen LogP contribution in [0.3, 0.4) is 0 Å². The van der Waals surface area contributed by atoms with Crippen LogP contribution < -0.4 is 15.6 Å². The fraction of sp³-hybridized carbons (Fsp3) is 0.400. The molecular weight excluding hydrogens is 392 g/mol. The molecule has 31 heavy (non-hydrogen) atoms. The smallest absolute Gasteiger partial charge is 0.255 e. The third kappa shape index (κ3) is 5.53. The number of rotatable bonds is 10. The maximum absolute atomic E-state index is 13.3. The van der Waals surface area contributed by atoms with Gasteiger partial charge in [-0.05, 0) is 55.5 Å². The summed E-state index contributed by atoms with van der Waals surface area (Å²) in [6.45, 7) is 5.68. The Hall–Kier alpha value is -2.67. The SMILES string of the molecule is CCOCCn1c(=O)c(CNCC2CCCO2)cc2ccc(Oc3ccccc3)cc21. The van der Waals surface area contributed by atoms with Gasteiger partial charge >= 0.3 is 0 Å². The van der Waals surface area contributed by atoms with E-state index < -0.39 is 0 Å². The van der Waals surface area contributed by atoms with Crippen LogP contribution in [0.25, 0.3) is 10.9 Å². The van der Waals surface area contributed by atoms with Gasteiger partial charge < -0.3 is 24.1 Å². The van der Waals surface area contributed by atoms with E-state index in [4.69, 9.17) is 14.2 Å². The summed E-state index contributed by atoms with van der Waals surface area (Å²) in [4.78, 5) is 13.3. The summed E-state index contributed by atoms with van der Waals surface area (Å²) in [5.74, 6) is 1.47. The minimum Gasteiger partial charge on any atom is -0.457 e. The maximum atomic E-state index is 13.3. The van der Waals surface area contributed by atoms with Crippen molar-refractivity contribution in [2.45, 2.75) is 39.0 Å². The lowest BCUT2D eigenvalue weighted by molar-refractivity contribution is 0.110. The Morgan fingerprint density at radius 3 is 2.77 bits per heavy atom. The van der Waals surface area contributed by atoms with Crippen molar-refractivity contribution in [3.63, 3.8) is 0 Å². The minimum absolute atomic E-state index is 0.00362. The van der Waals surface area contributed by atoms with Gasteiger partial charge in [0, 0.05) is 44.5 Å². The Morgan fingerprint density at radius 1 is 1.13 bits per heavy atom. The first-order valence-electron chi connectivity index (χ1n) is 11.0. The molecule has 6 heteroatoms. The number of nitrogens with one attached hydrogen (secondary N) is 1. The van der Waals surface area contributed by atoms with Crippen LogP contribution in [0.2, 0.25) is 0 Å². The molecule has 2 heterocycles. The Morgan fingerprint density at radius 2 is 2.00 bits per heavy atom. The molecule has 1 aliphatic rings. The quantitative estimate of drug-likeness (QED) is 0.499. The molecule has 164 valence electrons. The molecule has 1 saturated heterocycles. The van der Waals surface area contributed by atoms with Gasteiger partial charge in [0.1, 0.15) is 11.5 Å². The van der Waals surface area contributed by atoms with Gasteiger partial charge in [0.15, 0.2) is 0 Å². The zero-order valence-corrected chi connectivity index (χ0v) is 18.0. The number of hydrogen-bond acceptors (Lipinski definition) is 5. The van der Waals surface area contributed by atoms with Crippen LogP contribution in [-0.2, 0) is 22.6 Å². The molecule has 1 N–H and O–H groups in total. The van der Waals surface area contributed by atoms with Crippen molar-refractivity contribution >= 4 is 10.9 Å². The van der Waals surface area contributed by atoms with Crippen molar-refractivity contribution < 1.29 is 14.2 Å². The van der Waals surface area contributed by atoms with Crippen molar-refractivity contribution in [1.29, 1.82) is 0 Å². The molecule has 3 aromatic rings. The number of nitrogens with zero attached hydrogens (tertiary/aromatic N) is 1. The molecule has 1 unspecified atom stereocenters. The molecule has 0 aliphatic carbocycles. The molecule has 4 rings (SSSR count). The van der Waals surface area contributed by atoms with Gasteiger partial charge in [-0.15, -0.1) is 0 Å². The molecule has 0 amide bonds. The van der Waals surface area contributed by atoms with Gasteiger partial charge in [-0.25, -0.2) is 0 Å². The zero-order chi connectivity index (χ0) is 21.5. The fourth-order valence-electron chi connectivity index (χ4n) is 3.92. The summed E-state index contributed by atoms with van der Waals surface area (Å²) in [5, 5.41) is 4.40. The van der Waals surface area contributed by atoms with E-state index in [9.17, 15) is 4.79 Å². The van der Waals surface area contributed by atoms with Crippen LogP contribution in [0.5, 0.6) is 11.5 Å². The molecule has 6 nitrogen and oxygen atoms in total. The number of para-hydroxylation sites is 1. The van der Waals surface area contributed by atoms with Crippen molar-refractivity contribution in [3.05, 3.63) is 70.5 Å². The highest BCUT2D eigenvalue weighted by molar-refractivity contribution is 5.81. The lowest BCUT2D eigenvalue weighted by Crippen LogP contribution is -2.31. The Labute approximate surface area is 182 Å². The number of aromatic nitrogens is 1. The van der Waals surface area contributed by atoms with Crippen LogP contribution in [0, 0.1) is 0 Å². The van der Waals surface area contributed by atoms with Gasteiger partial charge in [-0.1, -0.05) is 18.2 Å². The summed E-state index contributed by atoms with van der Waals surface area (Å²) >= 11 is 0. The molecule has 1 aliphatic heterocycles. The fourth-order valence-corrected chi connectivity index (χ4v) is 3.92. The molecule has 1 fully saturated rings. The topological polar surface area (TPSA) is 61.7 Å². The van der Waals surface area contributed by atoms with Crippen LogP contribution in [-0.4, -0.2) is 37.0 Å². The predicted octanol–water partition coefficient (Wildman–Crippen LogP) is 4.10. The second-order valence-electron chi connectivity index (χ2n) is 7.72. The number of pyridine rings is 1. The van der Waals surface area contributed by atoms with E-state index >= 15 is 0 Å². The second-order valence-corrected chi connectivity index (χ2v) is 7.72. The lowest BCUT2D eigenvalue weighted by Gasteiger charge is -2.16. The second kappa shape index (κ2) is 10.6. The lowest BCUT2D eigenvalue weighted by atomic mass is 10.1. The summed E-state index contributed by atoms with van der Waals surface area (Å²) in [7, 11) is 0. The molecule has 0 spiro atoms. The number of ether oxygens (including phenoxy) is 3. The Kier molecular flexibility index (Phi) is 7.35. The highest BCUT2D eigenvalue weighted by atomic mass is 16.5. The number of hydrogen-bond donors (Lipinski definition) is 1. The average Bonchev–Trinajstić information content (AvgIpc) is 3.30. The third-order valence-electron chi connectivity index (χ3n) is 5.50. The van der Waals surface area contributed by atoms with E-state index in [2.05, 4.69) is 5.32 Å². The third-order valence-corrected chi connectivity index (χ3v) is 5.50. The van der Waals surface area contributed by atoms with Gasteiger partial charge in [0.2, 0.25) is 0 Å². The summed E-state index contributed by atoms with van der Waals surface area (Å²) in [6.07, 6.45) is 2.44. The van der Waals surface area contributed by atoms with Crippen LogP contribution in [0.15, 0.2) is 59.4 Å². The molecule has 0 saturated carbocycles. The Bertz CT molecular complexity index is 1040. The van der Waals surface area contributed by atoms with E-state index in [0.717, 1.165) is 48.2 Å². The molecular formula is C25H30N2O4. The molecule has 1 aromatic heterocycles. The van der Waals surface area contributed by atoms with Crippen molar-refractivity contribution in [2.75, 3.05) is 26.4 Å².